The Bertz CT molecular complexity index is 202. The van der Waals surface area contributed by atoms with Crippen LogP contribution in [0.2, 0.25) is 0 Å². The first kappa shape index (κ1) is 15.4. The maximum Gasteiger partial charge on any atom is 0.220 e. The lowest BCUT2D eigenvalue weighted by Gasteiger charge is -2.23. The van der Waals surface area contributed by atoms with Gasteiger partial charge in [-0.2, -0.15) is 0 Å². The molecule has 0 aliphatic carbocycles. The second kappa shape index (κ2) is 7.63. The molecule has 0 aliphatic heterocycles. The van der Waals surface area contributed by atoms with Crippen molar-refractivity contribution in [2.75, 3.05) is 13.6 Å². The summed E-state index contributed by atoms with van der Waals surface area (Å²) in [5.41, 5.74) is 5.65. The molecule has 0 radical (unpaired) electrons. The fraction of sp³-hybridized carbons (Fsp3) is 0.917. The number of hydrogen-bond donors (Lipinski definition) is 3. The van der Waals surface area contributed by atoms with Gasteiger partial charge in [0.1, 0.15) is 0 Å². The van der Waals surface area contributed by atoms with Crippen LogP contribution >= 0.6 is 0 Å². The Morgan fingerprint density at radius 2 is 2.06 bits per heavy atom. The number of nitrogens with two attached hydrogens (primary N) is 1. The largest absolute Gasteiger partial charge is 0.356 e. The van der Waals surface area contributed by atoms with Crippen LogP contribution in [0.4, 0.5) is 0 Å². The third-order valence-electron chi connectivity index (χ3n) is 2.81. The predicted molar refractivity (Wildman–Crippen MR) is 68.3 cm³/mol. The molecular weight excluding hydrogens is 202 g/mol. The monoisotopic (exact) mass is 229 g/mol. The zero-order valence-electron chi connectivity index (χ0n) is 11.1. The maximum atomic E-state index is 11.5. The SMILES string of the molecule is CNC(C)(C)CCC(=O)NCCCC(C)N. The highest BCUT2D eigenvalue weighted by atomic mass is 16.1. The molecule has 0 rings (SSSR count). The number of carbonyl (C=O) groups is 1. The minimum absolute atomic E-state index is 0.0309. The van der Waals surface area contributed by atoms with E-state index >= 15 is 0 Å². The summed E-state index contributed by atoms with van der Waals surface area (Å²) >= 11 is 0. The highest BCUT2D eigenvalue weighted by Crippen LogP contribution is 2.09. The van der Waals surface area contributed by atoms with Gasteiger partial charge in [0.25, 0.3) is 0 Å². The van der Waals surface area contributed by atoms with Crippen molar-refractivity contribution in [3.05, 3.63) is 0 Å². The van der Waals surface area contributed by atoms with Gasteiger partial charge >= 0.3 is 0 Å². The summed E-state index contributed by atoms with van der Waals surface area (Å²) in [6, 6.07) is 0.222. The Hall–Kier alpha value is -0.610. The van der Waals surface area contributed by atoms with Crippen molar-refractivity contribution >= 4 is 5.91 Å². The van der Waals surface area contributed by atoms with Crippen molar-refractivity contribution < 1.29 is 4.79 Å². The topological polar surface area (TPSA) is 67.2 Å². The van der Waals surface area contributed by atoms with Gasteiger partial charge in [-0.25, -0.2) is 0 Å². The third kappa shape index (κ3) is 8.68. The Kier molecular flexibility index (Phi) is 7.34. The minimum Gasteiger partial charge on any atom is -0.356 e. The van der Waals surface area contributed by atoms with Crippen LogP contribution in [0.3, 0.4) is 0 Å². The molecule has 0 bridgehead atoms. The zero-order valence-corrected chi connectivity index (χ0v) is 11.1. The number of carbonyl (C=O) groups excluding carboxylic acids is 1. The molecule has 16 heavy (non-hydrogen) atoms. The van der Waals surface area contributed by atoms with Crippen molar-refractivity contribution in [2.24, 2.45) is 5.73 Å². The van der Waals surface area contributed by atoms with E-state index < -0.39 is 0 Å². The normalized spacial score (nSPS) is 13.6. The van der Waals surface area contributed by atoms with Gasteiger partial charge in [-0.15, -0.1) is 0 Å². The van der Waals surface area contributed by atoms with E-state index in [2.05, 4.69) is 24.5 Å². The number of nitrogens with one attached hydrogen (secondary N) is 2. The first-order valence-electron chi connectivity index (χ1n) is 6.08. The van der Waals surface area contributed by atoms with E-state index in [0.29, 0.717) is 6.42 Å². The van der Waals surface area contributed by atoms with E-state index in [4.69, 9.17) is 5.73 Å². The van der Waals surface area contributed by atoms with Gasteiger partial charge in [0.2, 0.25) is 5.91 Å². The van der Waals surface area contributed by atoms with Crippen LogP contribution in [0.25, 0.3) is 0 Å². The molecule has 0 spiro atoms. The van der Waals surface area contributed by atoms with Crippen molar-refractivity contribution in [1.29, 1.82) is 0 Å². The van der Waals surface area contributed by atoms with Gasteiger partial charge in [0.15, 0.2) is 0 Å². The molecule has 0 aromatic carbocycles. The highest BCUT2D eigenvalue weighted by molar-refractivity contribution is 5.75. The summed E-state index contributed by atoms with van der Waals surface area (Å²) < 4.78 is 0. The summed E-state index contributed by atoms with van der Waals surface area (Å²) in [4.78, 5) is 11.5. The molecule has 0 heterocycles. The lowest BCUT2D eigenvalue weighted by molar-refractivity contribution is -0.121. The lowest BCUT2D eigenvalue weighted by Crippen LogP contribution is -2.37. The van der Waals surface area contributed by atoms with Crippen LogP contribution in [-0.4, -0.2) is 31.1 Å². The molecule has 4 nitrogen and oxygen atoms in total. The molecule has 1 amide bonds. The second-order valence-corrected chi connectivity index (χ2v) is 5.10. The van der Waals surface area contributed by atoms with Crippen LogP contribution in [0.5, 0.6) is 0 Å². The van der Waals surface area contributed by atoms with Crippen molar-refractivity contribution in [3.63, 3.8) is 0 Å². The molecule has 0 saturated carbocycles. The average molecular weight is 229 g/mol. The highest BCUT2D eigenvalue weighted by Gasteiger charge is 2.15. The number of hydrogen-bond acceptors (Lipinski definition) is 3. The average Bonchev–Trinajstić information content (AvgIpc) is 2.21. The van der Waals surface area contributed by atoms with Gasteiger partial charge < -0.3 is 16.4 Å². The molecule has 1 atom stereocenters. The van der Waals surface area contributed by atoms with E-state index in [1.807, 2.05) is 14.0 Å². The Morgan fingerprint density at radius 1 is 1.44 bits per heavy atom. The first-order chi connectivity index (χ1) is 7.37. The van der Waals surface area contributed by atoms with Gasteiger partial charge in [-0.1, -0.05) is 0 Å². The third-order valence-corrected chi connectivity index (χ3v) is 2.81. The molecule has 0 saturated heterocycles. The lowest BCUT2D eigenvalue weighted by atomic mass is 9.98. The van der Waals surface area contributed by atoms with Crippen molar-refractivity contribution in [3.8, 4) is 0 Å². The molecule has 0 aromatic heterocycles. The van der Waals surface area contributed by atoms with E-state index in [1.165, 1.54) is 0 Å². The predicted octanol–water partition coefficient (Wildman–Crippen LogP) is 1.01. The molecule has 4 N–H and O–H groups in total. The van der Waals surface area contributed by atoms with Gasteiger partial charge in [0.05, 0.1) is 0 Å². The van der Waals surface area contributed by atoms with E-state index in [0.717, 1.165) is 25.8 Å². The molecule has 0 fully saturated rings. The molecule has 1 unspecified atom stereocenters. The van der Waals surface area contributed by atoms with Crippen molar-refractivity contribution in [2.45, 2.75) is 58.0 Å². The van der Waals surface area contributed by atoms with Gasteiger partial charge in [0, 0.05) is 24.5 Å². The first-order valence-corrected chi connectivity index (χ1v) is 6.08. The zero-order chi connectivity index (χ0) is 12.6. The summed E-state index contributed by atoms with van der Waals surface area (Å²) in [5, 5.41) is 6.09. The summed E-state index contributed by atoms with van der Waals surface area (Å²) in [6.07, 6.45) is 3.34. The van der Waals surface area contributed by atoms with Crippen molar-refractivity contribution in [1.82, 2.24) is 10.6 Å². The van der Waals surface area contributed by atoms with Crippen LogP contribution in [0.15, 0.2) is 0 Å². The molecular formula is C12H27N3O. The molecule has 96 valence electrons. The Labute approximate surface area is 99.4 Å². The van der Waals surface area contributed by atoms with E-state index in [-0.39, 0.29) is 17.5 Å². The minimum atomic E-state index is 0.0309. The smallest absolute Gasteiger partial charge is 0.220 e. The molecule has 4 heteroatoms. The fourth-order valence-electron chi connectivity index (χ4n) is 1.29. The standard InChI is InChI=1S/C12H27N3O/c1-10(13)6-5-9-15-11(16)7-8-12(2,3)14-4/h10,14H,5-9,13H2,1-4H3,(H,15,16). The molecule has 0 aliphatic rings. The quantitative estimate of drug-likeness (QED) is 0.544. The fourth-order valence-corrected chi connectivity index (χ4v) is 1.29. The molecule has 0 aromatic rings. The number of rotatable bonds is 8. The summed E-state index contributed by atoms with van der Waals surface area (Å²) in [7, 11) is 1.92. The van der Waals surface area contributed by atoms with E-state index in [1.54, 1.807) is 0 Å². The second-order valence-electron chi connectivity index (χ2n) is 5.10. The summed E-state index contributed by atoms with van der Waals surface area (Å²) in [5.74, 6) is 0.132. The Morgan fingerprint density at radius 3 is 2.56 bits per heavy atom. The van der Waals surface area contributed by atoms with Gasteiger partial charge in [-0.3, -0.25) is 4.79 Å². The number of amides is 1. The van der Waals surface area contributed by atoms with Crippen LogP contribution in [-0.2, 0) is 4.79 Å². The maximum absolute atomic E-state index is 11.5. The summed E-state index contributed by atoms with van der Waals surface area (Å²) in [6.45, 7) is 6.91. The van der Waals surface area contributed by atoms with Gasteiger partial charge in [-0.05, 0) is 47.1 Å². The van der Waals surface area contributed by atoms with Crippen LogP contribution < -0.4 is 16.4 Å². The van der Waals surface area contributed by atoms with E-state index in [9.17, 15) is 4.79 Å². The van der Waals surface area contributed by atoms with Crippen LogP contribution in [0.1, 0.15) is 46.5 Å². The Balaban J connectivity index is 3.52. The van der Waals surface area contributed by atoms with Crippen LogP contribution in [0, 0.1) is 0 Å².